The van der Waals surface area contributed by atoms with Gasteiger partial charge in [0.2, 0.25) is 0 Å². The highest BCUT2D eigenvalue weighted by Crippen LogP contribution is 2.16. The van der Waals surface area contributed by atoms with Crippen LogP contribution < -0.4 is 5.56 Å². The Kier molecular flexibility index (Phi) is 2.98. The topological polar surface area (TPSA) is 42.2 Å². The third-order valence-electron chi connectivity index (χ3n) is 2.10. The molecule has 1 aromatic heterocycles. The molecule has 0 saturated heterocycles. The average Bonchev–Trinajstić information content (AvgIpc) is 2.09. The number of hydrogen-bond acceptors (Lipinski definition) is 2. The molecular formula is C9H12ClNO2. The van der Waals surface area contributed by atoms with Crippen molar-refractivity contribution >= 4 is 11.6 Å². The number of alkyl halides is 1. The number of aryl methyl sites for hydroxylation is 1. The average molecular weight is 202 g/mol. The van der Waals surface area contributed by atoms with E-state index < -0.39 is 0 Å². The normalized spacial score (nSPS) is 10.4. The molecule has 1 N–H and O–H groups in total. The van der Waals surface area contributed by atoms with Crippen LogP contribution in [0.4, 0.5) is 0 Å². The molecule has 0 aromatic carbocycles. The first kappa shape index (κ1) is 10.1. The monoisotopic (exact) mass is 201 g/mol. The number of halogens is 1. The van der Waals surface area contributed by atoms with Gasteiger partial charge in [-0.2, -0.15) is 0 Å². The van der Waals surface area contributed by atoms with Gasteiger partial charge in [-0.25, -0.2) is 0 Å². The Bertz CT molecular complexity index is 371. The van der Waals surface area contributed by atoms with Crippen molar-refractivity contribution in [3.05, 3.63) is 27.5 Å². The molecule has 0 bridgehead atoms. The maximum Gasteiger partial charge on any atom is 0.253 e. The van der Waals surface area contributed by atoms with Gasteiger partial charge in [0.05, 0.1) is 0 Å². The van der Waals surface area contributed by atoms with Gasteiger partial charge in [0.1, 0.15) is 0 Å². The van der Waals surface area contributed by atoms with Crippen molar-refractivity contribution in [2.45, 2.75) is 20.4 Å². The van der Waals surface area contributed by atoms with Crippen molar-refractivity contribution < 1.29 is 5.11 Å². The summed E-state index contributed by atoms with van der Waals surface area (Å²) in [5.74, 6) is 0.335. The molecule has 0 fully saturated rings. The lowest BCUT2D eigenvalue weighted by Gasteiger charge is -2.10. The zero-order chi connectivity index (χ0) is 10.0. The van der Waals surface area contributed by atoms with Crippen LogP contribution >= 0.6 is 11.6 Å². The van der Waals surface area contributed by atoms with Gasteiger partial charge in [-0.1, -0.05) is 0 Å². The number of pyridine rings is 1. The van der Waals surface area contributed by atoms with Crippen LogP contribution in [0, 0.1) is 13.8 Å². The summed E-state index contributed by atoms with van der Waals surface area (Å²) in [4.78, 5) is 11.3. The van der Waals surface area contributed by atoms with Gasteiger partial charge in [0, 0.05) is 24.1 Å². The molecule has 0 amide bonds. The van der Waals surface area contributed by atoms with Crippen LogP contribution in [0.2, 0.25) is 0 Å². The zero-order valence-electron chi connectivity index (χ0n) is 7.67. The predicted molar refractivity (Wildman–Crippen MR) is 52.6 cm³/mol. The molecular weight excluding hydrogens is 190 g/mol. The third-order valence-corrected chi connectivity index (χ3v) is 2.27. The van der Waals surface area contributed by atoms with Gasteiger partial charge in [0.25, 0.3) is 5.56 Å². The summed E-state index contributed by atoms with van der Waals surface area (Å²) in [7, 11) is 0. The van der Waals surface area contributed by atoms with Crippen molar-refractivity contribution in [2.75, 3.05) is 5.88 Å². The number of aromatic nitrogens is 1. The fraction of sp³-hybridized carbons (Fsp3) is 0.444. The quantitative estimate of drug-likeness (QED) is 0.736. The smallest absolute Gasteiger partial charge is 0.253 e. The van der Waals surface area contributed by atoms with Crippen LogP contribution in [0.1, 0.15) is 11.1 Å². The molecule has 0 unspecified atom stereocenters. The zero-order valence-corrected chi connectivity index (χ0v) is 8.43. The lowest BCUT2D eigenvalue weighted by molar-refractivity contribution is 0.407. The van der Waals surface area contributed by atoms with E-state index in [-0.39, 0.29) is 11.4 Å². The number of rotatable bonds is 2. The molecule has 1 rings (SSSR count). The van der Waals surface area contributed by atoms with E-state index in [1.54, 1.807) is 13.8 Å². The molecule has 0 radical (unpaired) electrons. The number of aromatic hydroxyl groups is 1. The van der Waals surface area contributed by atoms with Crippen LogP contribution in [0.25, 0.3) is 0 Å². The third kappa shape index (κ3) is 1.86. The molecule has 4 heteroatoms. The molecule has 0 spiro atoms. The SMILES string of the molecule is Cc1cc(=O)n(CCCl)c(O)c1C. The molecule has 72 valence electrons. The van der Waals surface area contributed by atoms with E-state index in [1.165, 1.54) is 10.6 Å². The van der Waals surface area contributed by atoms with Crippen molar-refractivity contribution in [1.82, 2.24) is 4.57 Å². The maximum absolute atomic E-state index is 11.3. The second-order valence-corrected chi connectivity index (χ2v) is 3.33. The fourth-order valence-corrected chi connectivity index (χ4v) is 1.32. The van der Waals surface area contributed by atoms with E-state index in [4.69, 9.17) is 11.6 Å². The lowest BCUT2D eigenvalue weighted by Crippen LogP contribution is -2.21. The molecule has 13 heavy (non-hydrogen) atoms. The van der Waals surface area contributed by atoms with E-state index in [9.17, 15) is 9.90 Å². The second kappa shape index (κ2) is 3.83. The summed E-state index contributed by atoms with van der Waals surface area (Å²) in [6, 6.07) is 1.50. The van der Waals surface area contributed by atoms with Crippen molar-refractivity contribution in [3.8, 4) is 5.88 Å². The number of hydrogen-bond donors (Lipinski definition) is 1. The summed E-state index contributed by atoms with van der Waals surface area (Å²) >= 11 is 5.50. The highest BCUT2D eigenvalue weighted by atomic mass is 35.5. The van der Waals surface area contributed by atoms with Gasteiger partial charge >= 0.3 is 0 Å². The van der Waals surface area contributed by atoms with Gasteiger partial charge in [-0.15, -0.1) is 11.6 Å². The first-order valence-electron chi connectivity index (χ1n) is 4.04. The second-order valence-electron chi connectivity index (χ2n) is 2.95. The van der Waals surface area contributed by atoms with Gasteiger partial charge < -0.3 is 5.11 Å². The van der Waals surface area contributed by atoms with Crippen LogP contribution in [0.5, 0.6) is 5.88 Å². The Morgan fingerprint density at radius 1 is 1.54 bits per heavy atom. The molecule has 3 nitrogen and oxygen atoms in total. The lowest BCUT2D eigenvalue weighted by atomic mass is 10.2. The highest BCUT2D eigenvalue weighted by Gasteiger charge is 2.07. The van der Waals surface area contributed by atoms with Crippen molar-refractivity contribution in [2.24, 2.45) is 0 Å². The summed E-state index contributed by atoms with van der Waals surface area (Å²) in [6.07, 6.45) is 0. The Hall–Kier alpha value is -0.960. The highest BCUT2D eigenvalue weighted by molar-refractivity contribution is 6.17. The van der Waals surface area contributed by atoms with E-state index in [0.717, 1.165) is 11.1 Å². The predicted octanol–water partition coefficient (Wildman–Crippen LogP) is 1.41. The summed E-state index contributed by atoms with van der Waals surface area (Å²) in [6.45, 7) is 3.91. The van der Waals surface area contributed by atoms with Crippen molar-refractivity contribution in [3.63, 3.8) is 0 Å². The summed E-state index contributed by atoms with van der Waals surface area (Å²) < 4.78 is 1.27. The minimum absolute atomic E-state index is 0.0191. The van der Waals surface area contributed by atoms with Gasteiger partial charge in [-0.05, 0) is 19.4 Å². The van der Waals surface area contributed by atoms with E-state index in [2.05, 4.69) is 0 Å². The number of nitrogens with zero attached hydrogens (tertiary/aromatic N) is 1. The van der Waals surface area contributed by atoms with Gasteiger partial charge in [-0.3, -0.25) is 9.36 Å². The van der Waals surface area contributed by atoms with Crippen LogP contribution in [-0.2, 0) is 6.54 Å². The van der Waals surface area contributed by atoms with Crippen molar-refractivity contribution in [1.29, 1.82) is 0 Å². The van der Waals surface area contributed by atoms with Crippen LogP contribution in [-0.4, -0.2) is 15.6 Å². The first-order chi connectivity index (χ1) is 6.07. The minimum atomic E-state index is -0.207. The molecule has 0 atom stereocenters. The fourth-order valence-electron chi connectivity index (χ4n) is 1.16. The molecule has 1 aromatic rings. The Morgan fingerprint density at radius 2 is 2.15 bits per heavy atom. The Labute approximate surface area is 81.6 Å². The van der Waals surface area contributed by atoms with E-state index >= 15 is 0 Å². The summed E-state index contributed by atoms with van der Waals surface area (Å²) in [5, 5.41) is 9.59. The van der Waals surface area contributed by atoms with Crippen LogP contribution in [0.3, 0.4) is 0 Å². The Balaban J connectivity index is 3.35. The maximum atomic E-state index is 11.3. The molecule has 0 saturated carbocycles. The van der Waals surface area contributed by atoms with E-state index in [0.29, 0.717) is 12.4 Å². The molecule has 0 aliphatic carbocycles. The van der Waals surface area contributed by atoms with Gasteiger partial charge in [0.15, 0.2) is 5.88 Å². The summed E-state index contributed by atoms with van der Waals surface area (Å²) in [5.41, 5.74) is 1.32. The Morgan fingerprint density at radius 3 is 2.69 bits per heavy atom. The standard InChI is InChI=1S/C9H12ClNO2/c1-6-5-8(12)11(4-3-10)9(13)7(6)2/h5,13H,3-4H2,1-2H3. The largest absolute Gasteiger partial charge is 0.494 e. The molecule has 0 aliphatic heterocycles. The first-order valence-corrected chi connectivity index (χ1v) is 4.57. The van der Waals surface area contributed by atoms with E-state index in [1.807, 2.05) is 0 Å². The van der Waals surface area contributed by atoms with Crippen LogP contribution in [0.15, 0.2) is 10.9 Å². The minimum Gasteiger partial charge on any atom is -0.494 e. The molecule has 0 aliphatic rings. The molecule has 1 heterocycles.